The average molecular weight is 178 g/mol. The first-order chi connectivity index (χ1) is 4.74. The Bertz CT molecular complexity index is 247. The molecule has 0 radical (unpaired) electrons. The average Bonchev–Trinajstić information content (AvgIpc) is 2.34. The molecule has 4 nitrogen and oxygen atoms in total. The number of nitrogens with two attached hydrogens (primary N) is 1. The monoisotopic (exact) mass is 178 g/mol. The molecule has 10 heavy (non-hydrogen) atoms. The summed E-state index contributed by atoms with van der Waals surface area (Å²) in [5.41, 5.74) is 5.23. The van der Waals surface area contributed by atoms with Crippen molar-refractivity contribution >= 4 is 22.4 Å². The Morgan fingerprint density at radius 1 is 1.90 bits per heavy atom. The lowest BCUT2D eigenvalue weighted by molar-refractivity contribution is 0.566. The van der Waals surface area contributed by atoms with Crippen molar-refractivity contribution in [3.63, 3.8) is 0 Å². The van der Waals surface area contributed by atoms with Crippen molar-refractivity contribution in [1.82, 2.24) is 4.98 Å². The molecule has 0 bridgehead atoms. The van der Waals surface area contributed by atoms with E-state index in [2.05, 4.69) is 4.98 Å². The molecule has 0 spiro atoms. The molecule has 1 aromatic rings. The first kappa shape index (κ1) is 7.80. The number of aromatic nitrogens is 1. The van der Waals surface area contributed by atoms with E-state index >= 15 is 0 Å². The van der Waals surface area contributed by atoms with Crippen molar-refractivity contribution in [2.24, 2.45) is 5.73 Å². The summed E-state index contributed by atoms with van der Waals surface area (Å²) >= 11 is -0.755. The van der Waals surface area contributed by atoms with Crippen molar-refractivity contribution in [2.45, 2.75) is 10.8 Å². The lowest BCUT2D eigenvalue weighted by Crippen LogP contribution is -1.93. The molecule has 0 saturated carbocycles. The van der Waals surface area contributed by atoms with Gasteiger partial charge in [-0.1, -0.05) is 0 Å². The number of rotatable bonds is 2. The van der Waals surface area contributed by atoms with Crippen LogP contribution in [-0.4, -0.2) is 13.7 Å². The molecule has 56 valence electrons. The Morgan fingerprint density at radius 3 is 2.90 bits per heavy atom. The molecule has 1 unspecified atom stereocenters. The van der Waals surface area contributed by atoms with Crippen LogP contribution in [0.3, 0.4) is 0 Å². The first-order valence-electron chi connectivity index (χ1n) is 2.49. The maximum absolute atomic E-state index is 10.4. The molecule has 1 rings (SSSR count). The smallest absolute Gasteiger partial charge is 0.198 e. The number of nitrogens with zero attached hydrogens (tertiary/aromatic N) is 1. The highest BCUT2D eigenvalue weighted by Crippen LogP contribution is 2.14. The number of hydrogen-bond acceptors (Lipinski definition) is 4. The summed E-state index contributed by atoms with van der Waals surface area (Å²) in [5, 5.41) is 0.678. The maximum atomic E-state index is 10.4. The zero-order valence-electron chi connectivity index (χ0n) is 4.98. The van der Waals surface area contributed by atoms with Crippen molar-refractivity contribution < 1.29 is 8.76 Å². The molecule has 0 aliphatic heterocycles. The van der Waals surface area contributed by atoms with Gasteiger partial charge >= 0.3 is 0 Å². The molecule has 0 amide bonds. The van der Waals surface area contributed by atoms with Crippen LogP contribution in [0.15, 0.2) is 10.4 Å². The minimum atomic E-state index is -1.91. The highest BCUT2D eigenvalue weighted by molar-refractivity contribution is 7.81. The third-order valence-electron chi connectivity index (χ3n) is 0.879. The highest BCUT2D eigenvalue weighted by atomic mass is 32.2. The van der Waals surface area contributed by atoms with Crippen molar-refractivity contribution in [3.8, 4) is 0 Å². The Balaban J connectivity index is 2.88. The molecule has 3 N–H and O–H groups in total. The fraction of sp³-hybridized carbons (Fsp3) is 0.250. The van der Waals surface area contributed by atoms with Gasteiger partial charge in [-0.15, -0.1) is 11.3 Å². The van der Waals surface area contributed by atoms with Crippen molar-refractivity contribution in [1.29, 1.82) is 0 Å². The van der Waals surface area contributed by atoms with Gasteiger partial charge < -0.3 is 10.3 Å². The Kier molecular flexibility index (Phi) is 2.50. The minimum absolute atomic E-state index is 0.321. The molecule has 1 aromatic heterocycles. The van der Waals surface area contributed by atoms with Crippen LogP contribution < -0.4 is 5.73 Å². The fourth-order valence-electron chi connectivity index (χ4n) is 0.469. The Morgan fingerprint density at radius 2 is 2.60 bits per heavy atom. The second-order valence-electron chi connectivity index (χ2n) is 1.53. The Hall–Kier alpha value is -0.300. The third-order valence-corrected chi connectivity index (χ3v) is 2.82. The zero-order chi connectivity index (χ0) is 7.56. The van der Waals surface area contributed by atoms with Crippen LogP contribution in [0.2, 0.25) is 0 Å². The van der Waals surface area contributed by atoms with Gasteiger partial charge in [0.15, 0.2) is 11.1 Å². The van der Waals surface area contributed by atoms with E-state index in [1.54, 1.807) is 0 Å². The van der Waals surface area contributed by atoms with E-state index in [0.29, 0.717) is 15.8 Å². The molecule has 0 aliphatic rings. The molecule has 1 heterocycles. The van der Waals surface area contributed by atoms with Crippen LogP contribution in [-0.2, 0) is 17.6 Å². The van der Waals surface area contributed by atoms with Crippen LogP contribution in [0.25, 0.3) is 0 Å². The van der Waals surface area contributed by atoms with Crippen LogP contribution in [0, 0.1) is 0 Å². The van der Waals surface area contributed by atoms with Gasteiger partial charge in [0.05, 0.1) is 6.20 Å². The summed E-state index contributed by atoms with van der Waals surface area (Å²) in [7, 11) is 0. The van der Waals surface area contributed by atoms with E-state index in [1.165, 1.54) is 6.20 Å². The number of thiazole rings is 1. The SMILES string of the molecule is NCc1ncc(S(=O)O)s1. The van der Waals surface area contributed by atoms with E-state index in [4.69, 9.17) is 10.3 Å². The lowest BCUT2D eigenvalue weighted by Gasteiger charge is -1.82. The summed E-state index contributed by atoms with van der Waals surface area (Å²) in [5.74, 6) is 0. The minimum Gasteiger partial charge on any atom is -0.325 e. The van der Waals surface area contributed by atoms with Gasteiger partial charge in [0.2, 0.25) is 0 Å². The van der Waals surface area contributed by atoms with Crippen molar-refractivity contribution in [2.75, 3.05) is 0 Å². The largest absolute Gasteiger partial charge is 0.325 e. The predicted molar refractivity (Wildman–Crippen MR) is 39.0 cm³/mol. The number of hydrogen-bond donors (Lipinski definition) is 2. The standard InChI is InChI=1S/C4H6N2O2S2/c5-1-3-6-2-4(9-3)10(7)8/h2H,1,5H2,(H,7,8). The van der Waals surface area contributed by atoms with Gasteiger partial charge in [0, 0.05) is 6.54 Å². The van der Waals surface area contributed by atoms with E-state index in [9.17, 15) is 4.21 Å². The van der Waals surface area contributed by atoms with Gasteiger partial charge in [0.1, 0.15) is 9.22 Å². The molecule has 0 aliphatic carbocycles. The quantitative estimate of drug-likeness (QED) is 0.633. The second-order valence-corrected chi connectivity index (χ2v) is 3.84. The van der Waals surface area contributed by atoms with E-state index < -0.39 is 11.1 Å². The molecule has 0 fully saturated rings. The summed E-state index contributed by atoms with van der Waals surface area (Å²) in [6.45, 7) is 0.321. The van der Waals surface area contributed by atoms with Gasteiger partial charge in [-0.05, 0) is 0 Å². The molecule has 1 atom stereocenters. The van der Waals surface area contributed by atoms with E-state index in [0.717, 1.165) is 11.3 Å². The third kappa shape index (κ3) is 1.60. The second kappa shape index (κ2) is 3.20. The summed E-state index contributed by atoms with van der Waals surface area (Å²) < 4.78 is 19.3. The molecule has 0 saturated heterocycles. The van der Waals surface area contributed by atoms with Crippen LogP contribution in [0.5, 0.6) is 0 Å². The van der Waals surface area contributed by atoms with Crippen LogP contribution >= 0.6 is 11.3 Å². The summed E-state index contributed by atoms with van der Waals surface area (Å²) in [4.78, 5) is 3.80. The predicted octanol–water partition coefficient (Wildman–Crippen LogP) is 0.182. The van der Waals surface area contributed by atoms with E-state index in [-0.39, 0.29) is 0 Å². The van der Waals surface area contributed by atoms with E-state index in [1.807, 2.05) is 0 Å². The van der Waals surface area contributed by atoms with Crippen LogP contribution in [0.1, 0.15) is 5.01 Å². The van der Waals surface area contributed by atoms with Gasteiger partial charge in [-0.3, -0.25) is 0 Å². The Labute approximate surface area is 64.4 Å². The highest BCUT2D eigenvalue weighted by Gasteiger charge is 2.03. The van der Waals surface area contributed by atoms with Crippen LogP contribution in [0.4, 0.5) is 0 Å². The normalized spacial score (nSPS) is 13.4. The molecular formula is C4H6N2O2S2. The fourth-order valence-corrected chi connectivity index (χ4v) is 1.71. The first-order valence-corrected chi connectivity index (χ1v) is 4.42. The van der Waals surface area contributed by atoms with Gasteiger partial charge in [-0.25, -0.2) is 9.19 Å². The summed E-state index contributed by atoms with van der Waals surface area (Å²) in [6.07, 6.45) is 1.36. The van der Waals surface area contributed by atoms with Crippen molar-refractivity contribution in [3.05, 3.63) is 11.2 Å². The zero-order valence-corrected chi connectivity index (χ0v) is 6.61. The summed E-state index contributed by atoms with van der Waals surface area (Å²) in [6, 6.07) is 0. The van der Waals surface area contributed by atoms with Gasteiger partial charge in [-0.2, -0.15) is 0 Å². The molecule has 6 heteroatoms. The topological polar surface area (TPSA) is 76.2 Å². The molecular weight excluding hydrogens is 172 g/mol. The molecule has 0 aromatic carbocycles. The lowest BCUT2D eigenvalue weighted by atomic mass is 10.7. The van der Waals surface area contributed by atoms with Gasteiger partial charge in [0.25, 0.3) is 0 Å². The maximum Gasteiger partial charge on any atom is 0.198 e.